The Morgan fingerprint density at radius 1 is 0.600 bits per heavy atom. The number of halogens is 2. The van der Waals surface area contributed by atoms with Crippen LogP contribution in [0.1, 0.15) is 31.8 Å². The summed E-state index contributed by atoms with van der Waals surface area (Å²) in [6, 6.07) is 17.1. The van der Waals surface area contributed by atoms with Crippen LogP contribution in [0.25, 0.3) is 0 Å². The summed E-state index contributed by atoms with van der Waals surface area (Å²) in [6.07, 6.45) is 2.77. The van der Waals surface area contributed by atoms with Crippen LogP contribution in [0.3, 0.4) is 0 Å². The maximum Gasteiger partial charge on any atom is 0.271 e. The Morgan fingerprint density at radius 3 is 1.27 bits per heavy atom. The lowest BCUT2D eigenvalue weighted by Crippen LogP contribution is -2.19. The summed E-state index contributed by atoms with van der Waals surface area (Å²) in [5.41, 5.74) is 6.57. The summed E-state index contributed by atoms with van der Waals surface area (Å²) in [4.78, 5) is 24.2. The van der Waals surface area contributed by atoms with Gasteiger partial charge in [0.1, 0.15) is 11.6 Å². The number of carbonyl (C=O) groups excluding carboxylic acids is 2. The molecular formula is C22H16F2N4O2. The molecule has 6 nitrogen and oxygen atoms in total. The number of nitrogens with zero attached hydrogens (tertiary/aromatic N) is 2. The summed E-state index contributed by atoms with van der Waals surface area (Å²) in [7, 11) is 0. The number of nitrogens with one attached hydrogen (secondary N) is 2. The third-order valence-electron chi connectivity index (χ3n) is 3.91. The van der Waals surface area contributed by atoms with Gasteiger partial charge in [-0.3, -0.25) is 9.59 Å². The van der Waals surface area contributed by atoms with Crippen LogP contribution in [0, 0.1) is 11.6 Å². The number of rotatable bonds is 6. The molecule has 0 heterocycles. The Balaban J connectivity index is 1.53. The quantitative estimate of drug-likeness (QED) is 0.485. The molecule has 3 aromatic carbocycles. The maximum atomic E-state index is 12.8. The summed E-state index contributed by atoms with van der Waals surface area (Å²) in [5, 5.41) is 7.62. The second kappa shape index (κ2) is 9.83. The van der Waals surface area contributed by atoms with Gasteiger partial charge >= 0.3 is 0 Å². The highest BCUT2D eigenvalue weighted by Gasteiger charge is 2.08. The van der Waals surface area contributed by atoms with Gasteiger partial charge in [-0.1, -0.05) is 24.3 Å². The molecule has 0 bridgehead atoms. The monoisotopic (exact) mass is 406 g/mol. The van der Waals surface area contributed by atoms with Crippen LogP contribution >= 0.6 is 0 Å². The lowest BCUT2D eigenvalue weighted by atomic mass is 10.1. The molecule has 0 aliphatic heterocycles. The molecule has 0 saturated carbocycles. The minimum absolute atomic E-state index is 0.303. The molecule has 3 rings (SSSR count). The topological polar surface area (TPSA) is 82.9 Å². The minimum Gasteiger partial charge on any atom is -0.267 e. The molecule has 0 radical (unpaired) electrons. The molecule has 0 aliphatic rings. The van der Waals surface area contributed by atoms with E-state index >= 15 is 0 Å². The van der Waals surface area contributed by atoms with Crippen LogP contribution in [-0.4, -0.2) is 24.2 Å². The van der Waals surface area contributed by atoms with Crippen molar-refractivity contribution in [1.29, 1.82) is 0 Å². The minimum atomic E-state index is -0.463. The van der Waals surface area contributed by atoms with E-state index in [-0.39, 0.29) is 11.6 Å². The van der Waals surface area contributed by atoms with E-state index in [9.17, 15) is 18.4 Å². The van der Waals surface area contributed by atoms with Crippen LogP contribution in [-0.2, 0) is 0 Å². The highest BCUT2D eigenvalue weighted by atomic mass is 19.1. The van der Waals surface area contributed by atoms with Crippen molar-refractivity contribution in [3.8, 4) is 0 Å². The van der Waals surface area contributed by atoms with Gasteiger partial charge in [0.2, 0.25) is 0 Å². The van der Waals surface area contributed by atoms with E-state index < -0.39 is 11.8 Å². The van der Waals surface area contributed by atoms with Gasteiger partial charge in [0.05, 0.1) is 12.4 Å². The zero-order valence-electron chi connectivity index (χ0n) is 15.5. The van der Waals surface area contributed by atoms with Crippen LogP contribution in [0.2, 0.25) is 0 Å². The summed E-state index contributed by atoms with van der Waals surface area (Å²) >= 11 is 0. The van der Waals surface area contributed by atoms with Crippen molar-refractivity contribution in [1.82, 2.24) is 10.9 Å². The number of amides is 2. The largest absolute Gasteiger partial charge is 0.271 e. The number of benzene rings is 3. The third-order valence-corrected chi connectivity index (χ3v) is 3.91. The molecule has 0 atom stereocenters. The predicted molar refractivity (Wildman–Crippen MR) is 109 cm³/mol. The lowest BCUT2D eigenvalue weighted by molar-refractivity contribution is 0.0943. The van der Waals surface area contributed by atoms with E-state index in [1.807, 2.05) is 0 Å². The lowest BCUT2D eigenvalue weighted by Gasteiger charge is -2.03. The molecule has 30 heavy (non-hydrogen) atoms. The van der Waals surface area contributed by atoms with Gasteiger partial charge in [-0.25, -0.2) is 19.6 Å². The molecule has 150 valence electrons. The normalized spacial score (nSPS) is 11.0. The SMILES string of the molecule is O=C(N/N=C/c1ccc(F)cc1)c1ccc(C(=O)N/N=C/c2ccc(F)cc2)cc1. The molecular weight excluding hydrogens is 390 g/mol. The molecule has 0 saturated heterocycles. The fraction of sp³-hybridized carbons (Fsp3) is 0. The van der Waals surface area contributed by atoms with Crippen LogP contribution in [0.5, 0.6) is 0 Å². The Bertz CT molecular complexity index is 989. The van der Waals surface area contributed by atoms with Crippen molar-refractivity contribution >= 4 is 24.2 Å². The molecule has 3 aromatic rings. The molecule has 2 N–H and O–H groups in total. The van der Waals surface area contributed by atoms with Crippen molar-refractivity contribution in [3.05, 3.63) is 107 Å². The molecule has 8 heteroatoms. The zero-order chi connectivity index (χ0) is 21.3. The average molecular weight is 406 g/mol. The van der Waals surface area contributed by atoms with E-state index in [1.54, 1.807) is 0 Å². The Morgan fingerprint density at radius 2 is 0.933 bits per heavy atom. The first-order chi connectivity index (χ1) is 14.5. The van der Waals surface area contributed by atoms with Gasteiger partial charge in [-0.05, 0) is 59.7 Å². The zero-order valence-corrected chi connectivity index (χ0v) is 15.5. The van der Waals surface area contributed by atoms with Crippen molar-refractivity contribution in [2.24, 2.45) is 10.2 Å². The van der Waals surface area contributed by atoms with E-state index in [0.29, 0.717) is 22.3 Å². The standard InChI is InChI=1S/C22H16F2N4O2/c23-19-9-1-15(2-10-19)13-25-27-21(29)17-5-7-18(8-6-17)22(30)28-26-14-16-3-11-20(24)12-4-16/h1-14H,(H,27,29)(H,28,30)/b25-13+,26-14+. The highest BCUT2D eigenvalue weighted by molar-refractivity contribution is 5.98. The van der Waals surface area contributed by atoms with E-state index in [4.69, 9.17) is 0 Å². The molecule has 2 amide bonds. The fourth-order valence-electron chi connectivity index (χ4n) is 2.33. The highest BCUT2D eigenvalue weighted by Crippen LogP contribution is 2.05. The second-order valence-electron chi connectivity index (χ2n) is 6.08. The van der Waals surface area contributed by atoms with Gasteiger partial charge in [-0.15, -0.1) is 0 Å². The van der Waals surface area contributed by atoms with Crippen molar-refractivity contribution < 1.29 is 18.4 Å². The second-order valence-corrected chi connectivity index (χ2v) is 6.08. The van der Waals surface area contributed by atoms with Crippen LogP contribution in [0.4, 0.5) is 8.78 Å². The van der Waals surface area contributed by atoms with Gasteiger partial charge in [0.25, 0.3) is 11.8 Å². The first-order valence-corrected chi connectivity index (χ1v) is 8.79. The molecule has 0 aliphatic carbocycles. The van der Waals surface area contributed by atoms with Crippen LogP contribution in [0.15, 0.2) is 83.0 Å². The fourth-order valence-corrected chi connectivity index (χ4v) is 2.33. The summed E-state index contributed by atoms with van der Waals surface area (Å²) in [6.45, 7) is 0. The smallest absolute Gasteiger partial charge is 0.267 e. The number of hydrogen-bond donors (Lipinski definition) is 2. The number of hydrazone groups is 2. The Hall–Kier alpha value is -4.20. The summed E-state index contributed by atoms with van der Waals surface area (Å²) in [5.74, 6) is -1.65. The number of hydrogen-bond acceptors (Lipinski definition) is 4. The predicted octanol–water partition coefficient (Wildman–Crippen LogP) is 3.49. The Kier molecular flexibility index (Phi) is 6.73. The van der Waals surface area contributed by atoms with Gasteiger partial charge < -0.3 is 0 Å². The van der Waals surface area contributed by atoms with Crippen molar-refractivity contribution in [2.45, 2.75) is 0 Å². The average Bonchev–Trinajstić information content (AvgIpc) is 2.76. The Labute approximate surface area is 170 Å². The molecule has 0 unspecified atom stereocenters. The molecule has 0 fully saturated rings. The van der Waals surface area contributed by atoms with Crippen LogP contribution < -0.4 is 10.9 Å². The first kappa shape index (κ1) is 20.5. The maximum absolute atomic E-state index is 12.8. The molecule has 0 spiro atoms. The van der Waals surface area contributed by atoms with Gasteiger partial charge in [0, 0.05) is 11.1 Å². The van der Waals surface area contributed by atoms with Gasteiger partial charge in [0.15, 0.2) is 0 Å². The summed E-state index contributed by atoms with van der Waals surface area (Å²) < 4.78 is 25.7. The molecule has 0 aromatic heterocycles. The third kappa shape index (κ3) is 5.90. The van der Waals surface area contributed by atoms with Crippen molar-refractivity contribution in [2.75, 3.05) is 0 Å². The van der Waals surface area contributed by atoms with Crippen molar-refractivity contribution in [3.63, 3.8) is 0 Å². The number of carbonyl (C=O) groups is 2. The first-order valence-electron chi connectivity index (χ1n) is 8.79. The van der Waals surface area contributed by atoms with Gasteiger partial charge in [-0.2, -0.15) is 10.2 Å². The van der Waals surface area contributed by atoms with E-state index in [2.05, 4.69) is 21.1 Å². The van der Waals surface area contributed by atoms with E-state index in [0.717, 1.165) is 0 Å². The van der Waals surface area contributed by atoms with E-state index in [1.165, 1.54) is 85.2 Å².